The van der Waals surface area contributed by atoms with Crippen LogP contribution in [0.3, 0.4) is 0 Å². The Bertz CT molecular complexity index is 570. The van der Waals surface area contributed by atoms with Crippen molar-refractivity contribution in [1.82, 2.24) is 9.97 Å². The molecule has 0 saturated carbocycles. The summed E-state index contributed by atoms with van der Waals surface area (Å²) in [6, 6.07) is 6.01. The van der Waals surface area contributed by atoms with Crippen LogP contribution >= 0.6 is 0 Å². The molecule has 0 radical (unpaired) electrons. The van der Waals surface area contributed by atoms with Crippen molar-refractivity contribution in [2.45, 2.75) is 13.8 Å². The van der Waals surface area contributed by atoms with Gasteiger partial charge in [-0.25, -0.2) is 4.98 Å². The molecule has 1 N–H and O–H groups in total. The number of hydrogen-bond acceptors (Lipinski definition) is 3. The molecule has 0 atom stereocenters. The van der Waals surface area contributed by atoms with Crippen molar-refractivity contribution in [1.29, 1.82) is 5.26 Å². The zero-order valence-electron chi connectivity index (χ0n) is 10.0. The van der Waals surface area contributed by atoms with Crippen molar-refractivity contribution in [3.63, 3.8) is 0 Å². The number of imidazole rings is 1. The van der Waals surface area contributed by atoms with Gasteiger partial charge in [-0.2, -0.15) is 5.26 Å². The fraction of sp³-hybridized carbons (Fsp3) is 0.231. The lowest BCUT2D eigenvalue weighted by Gasteiger charge is -2.10. The Balaban J connectivity index is 2.51. The van der Waals surface area contributed by atoms with Crippen LogP contribution in [0.2, 0.25) is 0 Å². The molecule has 1 aromatic carbocycles. The first-order valence-corrected chi connectivity index (χ1v) is 5.26. The Morgan fingerprint density at radius 1 is 1.29 bits per heavy atom. The maximum atomic E-state index is 8.73. The molecule has 4 nitrogen and oxygen atoms in total. The molecule has 0 spiro atoms. The van der Waals surface area contributed by atoms with E-state index in [2.05, 4.69) is 9.97 Å². The number of aromatic amines is 1. The van der Waals surface area contributed by atoms with Crippen LogP contribution in [0.25, 0.3) is 11.3 Å². The molecular formula is C13H13N3O. The van der Waals surface area contributed by atoms with E-state index in [0.717, 1.165) is 28.1 Å². The third-order valence-electron chi connectivity index (χ3n) is 2.66. The van der Waals surface area contributed by atoms with Crippen LogP contribution in [-0.4, -0.2) is 17.1 Å². The second kappa shape index (κ2) is 4.30. The number of methoxy groups -OCH3 is 1. The minimum atomic E-state index is 0.325. The van der Waals surface area contributed by atoms with Gasteiger partial charge in [0.1, 0.15) is 11.8 Å². The second-order valence-electron chi connectivity index (χ2n) is 3.90. The summed E-state index contributed by atoms with van der Waals surface area (Å²) in [6.45, 7) is 3.99. The monoisotopic (exact) mass is 227 g/mol. The molecule has 17 heavy (non-hydrogen) atoms. The third-order valence-corrected chi connectivity index (χ3v) is 2.66. The lowest BCUT2D eigenvalue weighted by atomic mass is 10.0. The van der Waals surface area contributed by atoms with Gasteiger partial charge in [-0.15, -0.1) is 0 Å². The van der Waals surface area contributed by atoms with E-state index >= 15 is 0 Å². The average molecular weight is 227 g/mol. The molecule has 1 heterocycles. The van der Waals surface area contributed by atoms with E-state index in [1.165, 1.54) is 0 Å². The minimum absolute atomic E-state index is 0.325. The molecule has 2 rings (SSSR count). The quantitative estimate of drug-likeness (QED) is 0.857. The number of nitriles is 1. The molecule has 86 valence electrons. The lowest BCUT2D eigenvalue weighted by molar-refractivity contribution is 0.408. The first-order valence-electron chi connectivity index (χ1n) is 5.26. The predicted molar refractivity (Wildman–Crippen MR) is 64.8 cm³/mol. The number of H-pyrrole nitrogens is 1. The minimum Gasteiger partial charge on any atom is -0.496 e. The fourth-order valence-corrected chi connectivity index (χ4v) is 1.95. The van der Waals surface area contributed by atoms with Crippen molar-refractivity contribution in [2.24, 2.45) is 0 Å². The standard InChI is InChI=1S/C13H13N3O/c1-8-4-10(5-9(2)13(8)17-3)11-7-15-12(6-14)16-11/h4-5,7H,1-3H3,(H,15,16). The van der Waals surface area contributed by atoms with Gasteiger partial charge in [-0.1, -0.05) is 0 Å². The summed E-state index contributed by atoms with van der Waals surface area (Å²) in [5, 5.41) is 8.73. The van der Waals surface area contributed by atoms with Crippen molar-refractivity contribution in [3.8, 4) is 23.1 Å². The Labute approximate surface area is 99.9 Å². The van der Waals surface area contributed by atoms with E-state index in [4.69, 9.17) is 10.00 Å². The maximum absolute atomic E-state index is 8.73. The summed E-state index contributed by atoms with van der Waals surface area (Å²) in [4.78, 5) is 6.92. The lowest BCUT2D eigenvalue weighted by Crippen LogP contribution is -1.92. The van der Waals surface area contributed by atoms with Gasteiger partial charge in [-0.3, -0.25) is 0 Å². The van der Waals surface area contributed by atoms with Gasteiger partial charge in [0.2, 0.25) is 5.82 Å². The number of aromatic nitrogens is 2. The second-order valence-corrected chi connectivity index (χ2v) is 3.90. The molecule has 0 fully saturated rings. The van der Waals surface area contributed by atoms with Gasteiger partial charge < -0.3 is 9.72 Å². The number of nitrogens with one attached hydrogen (secondary N) is 1. The summed E-state index contributed by atoms with van der Waals surface area (Å²) in [5.74, 6) is 1.22. The Morgan fingerprint density at radius 2 is 1.94 bits per heavy atom. The molecule has 4 heteroatoms. The van der Waals surface area contributed by atoms with Crippen LogP contribution in [0, 0.1) is 25.2 Å². The molecule has 0 bridgehead atoms. The summed E-state index contributed by atoms with van der Waals surface area (Å²) in [5.41, 5.74) is 3.98. The van der Waals surface area contributed by atoms with Crippen LogP contribution in [0.15, 0.2) is 18.3 Å². The zero-order valence-corrected chi connectivity index (χ0v) is 10.0. The van der Waals surface area contributed by atoms with Crippen LogP contribution in [0.5, 0.6) is 5.75 Å². The number of hydrogen-bond donors (Lipinski definition) is 1. The number of nitrogens with zero attached hydrogens (tertiary/aromatic N) is 2. The van der Waals surface area contributed by atoms with Crippen molar-refractivity contribution < 1.29 is 4.74 Å². The highest BCUT2D eigenvalue weighted by atomic mass is 16.5. The van der Waals surface area contributed by atoms with Crippen LogP contribution in [0.1, 0.15) is 17.0 Å². The highest BCUT2D eigenvalue weighted by molar-refractivity contribution is 5.64. The molecular weight excluding hydrogens is 214 g/mol. The van der Waals surface area contributed by atoms with Crippen molar-refractivity contribution in [2.75, 3.05) is 7.11 Å². The molecule has 0 amide bonds. The molecule has 0 unspecified atom stereocenters. The van der Waals surface area contributed by atoms with Gasteiger partial charge in [0, 0.05) is 5.56 Å². The summed E-state index contributed by atoms with van der Waals surface area (Å²) in [7, 11) is 1.67. The molecule has 2 aromatic rings. The Kier molecular flexibility index (Phi) is 2.84. The summed E-state index contributed by atoms with van der Waals surface area (Å²) >= 11 is 0. The van der Waals surface area contributed by atoms with Gasteiger partial charge in [-0.05, 0) is 37.1 Å². The number of aryl methyl sites for hydroxylation is 2. The summed E-state index contributed by atoms with van der Waals surface area (Å²) in [6.07, 6.45) is 1.67. The van der Waals surface area contributed by atoms with E-state index in [1.807, 2.05) is 32.0 Å². The predicted octanol–water partition coefficient (Wildman–Crippen LogP) is 2.57. The molecule has 1 aromatic heterocycles. The largest absolute Gasteiger partial charge is 0.496 e. The Hall–Kier alpha value is -2.28. The van der Waals surface area contributed by atoms with Gasteiger partial charge >= 0.3 is 0 Å². The molecule has 0 aliphatic carbocycles. The zero-order chi connectivity index (χ0) is 12.4. The van der Waals surface area contributed by atoms with Crippen molar-refractivity contribution in [3.05, 3.63) is 35.3 Å². The molecule has 0 saturated heterocycles. The highest BCUT2D eigenvalue weighted by Gasteiger charge is 2.08. The number of rotatable bonds is 2. The van der Waals surface area contributed by atoms with Crippen LogP contribution in [-0.2, 0) is 0 Å². The van der Waals surface area contributed by atoms with Crippen LogP contribution in [0.4, 0.5) is 0 Å². The van der Waals surface area contributed by atoms with E-state index in [9.17, 15) is 0 Å². The highest BCUT2D eigenvalue weighted by Crippen LogP contribution is 2.28. The molecule has 0 aliphatic rings. The topological polar surface area (TPSA) is 61.7 Å². The molecule has 0 aliphatic heterocycles. The third kappa shape index (κ3) is 2.00. The maximum Gasteiger partial charge on any atom is 0.210 e. The average Bonchev–Trinajstić information content (AvgIpc) is 2.77. The van der Waals surface area contributed by atoms with Gasteiger partial charge in [0.25, 0.3) is 0 Å². The van der Waals surface area contributed by atoms with E-state index < -0.39 is 0 Å². The number of ether oxygens (including phenoxy) is 1. The van der Waals surface area contributed by atoms with Crippen LogP contribution < -0.4 is 4.74 Å². The smallest absolute Gasteiger partial charge is 0.210 e. The van der Waals surface area contributed by atoms with Gasteiger partial charge in [0.15, 0.2) is 0 Å². The van der Waals surface area contributed by atoms with Gasteiger partial charge in [0.05, 0.1) is 19.0 Å². The first-order chi connectivity index (χ1) is 8.15. The fourth-order valence-electron chi connectivity index (χ4n) is 1.95. The number of benzene rings is 1. The van der Waals surface area contributed by atoms with E-state index in [0.29, 0.717) is 5.82 Å². The normalized spacial score (nSPS) is 10.0. The SMILES string of the molecule is COc1c(C)cc(-c2cnc(C#N)[nH]2)cc1C. The van der Waals surface area contributed by atoms with Crippen molar-refractivity contribution >= 4 is 0 Å². The summed E-state index contributed by atoms with van der Waals surface area (Å²) < 4.78 is 5.31. The van der Waals surface area contributed by atoms with E-state index in [1.54, 1.807) is 13.3 Å². The first kappa shape index (κ1) is 11.2. The van der Waals surface area contributed by atoms with E-state index in [-0.39, 0.29) is 0 Å². The Morgan fingerprint density at radius 3 is 2.41 bits per heavy atom.